The van der Waals surface area contributed by atoms with Gasteiger partial charge in [0.2, 0.25) is 5.91 Å². The lowest BCUT2D eigenvalue weighted by Crippen LogP contribution is -2.20. The van der Waals surface area contributed by atoms with E-state index in [2.05, 4.69) is 5.32 Å². The third kappa shape index (κ3) is 5.71. The molecular formula is C25H28ClN3O3S. The molecule has 2 aromatic carbocycles. The Hall–Kier alpha value is -2.51. The van der Waals surface area contributed by atoms with Crippen molar-refractivity contribution in [3.8, 4) is 11.5 Å². The number of rotatable bonds is 6. The summed E-state index contributed by atoms with van der Waals surface area (Å²) in [6.45, 7) is 0. The quantitative estimate of drug-likeness (QED) is 0.546. The first-order chi connectivity index (χ1) is 16.0. The van der Waals surface area contributed by atoms with Gasteiger partial charge in [0.25, 0.3) is 0 Å². The van der Waals surface area contributed by atoms with Crippen molar-refractivity contribution in [2.24, 2.45) is 9.98 Å². The van der Waals surface area contributed by atoms with Gasteiger partial charge in [-0.25, -0.2) is 4.99 Å². The van der Waals surface area contributed by atoms with E-state index in [0.29, 0.717) is 22.2 Å². The Labute approximate surface area is 203 Å². The van der Waals surface area contributed by atoms with Crippen molar-refractivity contribution < 1.29 is 14.3 Å². The van der Waals surface area contributed by atoms with Crippen molar-refractivity contribution in [2.45, 2.75) is 44.2 Å². The first kappa shape index (κ1) is 23.6. The zero-order valence-electron chi connectivity index (χ0n) is 18.9. The molecule has 0 saturated heterocycles. The van der Waals surface area contributed by atoms with Crippen LogP contribution in [0, 0.1) is 0 Å². The van der Waals surface area contributed by atoms with E-state index in [9.17, 15) is 4.79 Å². The molecule has 0 radical (unpaired) electrons. The zero-order valence-corrected chi connectivity index (χ0v) is 20.5. The number of thioether (sulfide) groups is 1. The lowest BCUT2D eigenvalue weighted by atomic mass is 10.0. The lowest BCUT2D eigenvalue weighted by Gasteiger charge is -2.20. The molecule has 6 nitrogen and oxygen atoms in total. The summed E-state index contributed by atoms with van der Waals surface area (Å²) in [5.41, 5.74) is 2.09. The topological polar surface area (TPSA) is 72.3 Å². The van der Waals surface area contributed by atoms with Crippen LogP contribution in [0.15, 0.2) is 52.4 Å². The summed E-state index contributed by atoms with van der Waals surface area (Å²) in [6.07, 6.45) is 6.59. The van der Waals surface area contributed by atoms with E-state index >= 15 is 0 Å². The van der Waals surface area contributed by atoms with Crippen LogP contribution >= 0.6 is 23.4 Å². The highest BCUT2D eigenvalue weighted by Gasteiger charge is 2.37. The van der Waals surface area contributed by atoms with Crippen molar-refractivity contribution in [1.29, 1.82) is 0 Å². The van der Waals surface area contributed by atoms with Gasteiger partial charge in [0.1, 0.15) is 5.04 Å². The smallest absolute Gasteiger partial charge is 0.234 e. The van der Waals surface area contributed by atoms with Crippen molar-refractivity contribution in [2.75, 3.05) is 25.3 Å². The molecule has 1 saturated carbocycles. The number of benzene rings is 2. The SMILES string of the molecule is COc1ccc(NC(=O)CSC2=NC3(CCCCCC3)N=C2c2ccc(Cl)cc2)cc1OC. The maximum absolute atomic E-state index is 12.7. The Morgan fingerprint density at radius 1 is 1.00 bits per heavy atom. The number of nitrogens with one attached hydrogen (secondary N) is 1. The van der Waals surface area contributed by atoms with Gasteiger partial charge in [-0.1, -0.05) is 48.3 Å². The highest BCUT2D eigenvalue weighted by atomic mass is 35.5. The molecule has 33 heavy (non-hydrogen) atoms. The third-order valence-electron chi connectivity index (χ3n) is 5.86. The average molecular weight is 486 g/mol. The van der Waals surface area contributed by atoms with Gasteiger partial charge < -0.3 is 14.8 Å². The Balaban J connectivity index is 1.49. The molecule has 8 heteroatoms. The predicted molar refractivity (Wildman–Crippen MR) is 136 cm³/mol. The van der Waals surface area contributed by atoms with Crippen LogP contribution in [-0.2, 0) is 4.79 Å². The molecule has 2 aliphatic rings. The highest BCUT2D eigenvalue weighted by molar-refractivity contribution is 8.16. The van der Waals surface area contributed by atoms with E-state index in [1.165, 1.54) is 24.6 Å². The molecule has 1 amide bonds. The van der Waals surface area contributed by atoms with E-state index in [1.54, 1.807) is 32.4 Å². The highest BCUT2D eigenvalue weighted by Crippen LogP contribution is 2.38. The fourth-order valence-electron chi connectivity index (χ4n) is 4.18. The van der Waals surface area contributed by atoms with Crippen LogP contribution in [0.25, 0.3) is 0 Å². The number of ether oxygens (including phenoxy) is 2. The van der Waals surface area contributed by atoms with Gasteiger partial charge >= 0.3 is 0 Å². The first-order valence-corrected chi connectivity index (χ1v) is 12.5. The number of methoxy groups -OCH3 is 2. The van der Waals surface area contributed by atoms with Crippen molar-refractivity contribution in [3.63, 3.8) is 0 Å². The molecule has 0 aromatic heterocycles. The summed E-state index contributed by atoms with van der Waals surface area (Å²) in [5.74, 6) is 1.29. The number of amides is 1. The second kappa shape index (κ2) is 10.6. The summed E-state index contributed by atoms with van der Waals surface area (Å²) < 4.78 is 10.6. The molecule has 1 spiro atoms. The van der Waals surface area contributed by atoms with Crippen LogP contribution in [0.2, 0.25) is 5.02 Å². The number of aliphatic imine (C=N–C) groups is 2. The summed E-state index contributed by atoms with van der Waals surface area (Å²) in [5, 5.41) is 4.43. The lowest BCUT2D eigenvalue weighted by molar-refractivity contribution is -0.113. The van der Waals surface area contributed by atoms with E-state index in [1.807, 2.05) is 24.3 Å². The van der Waals surface area contributed by atoms with Crippen LogP contribution in [0.5, 0.6) is 11.5 Å². The molecular weight excluding hydrogens is 458 g/mol. The molecule has 2 aromatic rings. The number of carbonyl (C=O) groups excluding carboxylic acids is 1. The number of anilines is 1. The third-order valence-corrected chi connectivity index (χ3v) is 7.08. The molecule has 1 heterocycles. The number of halogens is 1. The van der Waals surface area contributed by atoms with Crippen molar-refractivity contribution >= 4 is 45.7 Å². The van der Waals surface area contributed by atoms with Crippen molar-refractivity contribution in [1.82, 2.24) is 0 Å². The summed E-state index contributed by atoms with van der Waals surface area (Å²) in [6, 6.07) is 13.0. The molecule has 4 rings (SSSR count). The summed E-state index contributed by atoms with van der Waals surface area (Å²) in [7, 11) is 3.15. The van der Waals surface area contributed by atoms with E-state index in [-0.39, 0.29) is 11.7 Å². The van der Waals surface area contributed by atoms with Gasteiger partial charge in [0, 0.05) is 22.3 Å². The Morgan fingerprint density at radius 2 is 1.70 bits per heavy atom. The van der Waals surface area contributed by atoms with Gasteiger partial charge in [0.15, 0.2) is 17.2 Å². The monoisotopic (exact) mass is 485 g/mol. The number of hydrogen-bond donors (Lipinski definition) is 1. The fraction of sp³-hybridized carbons (Fsp3) is 0.400. The minimum atomic E-state index is -0.395. The second-order valence-electron chi connectivity index (χ2n) is 8.19. The molecule has 0 bridgehead atoms. The van der Waals surface area contributed by atoms with Crippen LogP contribution in [0.1, 0.15) is 44.1 Å². The van der Waals surface area contributed by atoms with E-state index < -0.39 is 5.66 Å². The van der Waals surface area contributed by atoms with Gasteiger partial charge in [-0.05, 0) is 49.9 Å². The molecule has 0 unspecified atom stereocenters. The van der Waals surface area contributed by atoms with Crippen molar-refractivity contribution in [3.05, 3.63) is 53.1 Å². The summed E-state index contributed by atoms with van der Waals surface area (Å²) in [4.78, 5) is 22.9. The minimum absolute atomic E-state index is 0.118. The molecule has 174 valence electrons. The average Bonchev–Trinajstić information content (AvgIpc) is 3.02. The minimum Gasteiger partial charge on any atom is -0.493 e. The molecule has 1 aliphatic carbocycles. The normalized spacial score (nSPS) is 17.2. The zero-order chi connectivity index (χ0) is 23.3. The second-order valence-corrected chi connectivity index (χ2v) is 9.59. The Kier molecular flexibility index (Phi) is 7.60. The molecule has 1 aliphatic heterocycles. The van der Waals surface area contributed by atoms with Crippen LogP contribution in [0.3, 0.4) is 0 Å². The van der Waals surface area contributed by atoms with Crippen LogP contribution in [0.4, 0.5) is 5.69 Å². The van der Waals surface area contributed by atoms with Crippen LogP contribution < -0.4 is 14.8 Å². The van der Waals surface area contributed by atoms with E-state index in [0.717, 1.165) is 42.0 Å². The largest absolute Gasteiger partial charge is 0.493 e. The first-order valence-electron chi connectivity index (χ1n) is 11.1. The van der Waals surface area contributed by atoms with Gasteiger partial charge in [-0.15, -0.1) is 0 Å². The number of nitrogens with zero attached hydrogens (tertiary/aromatic N) is 2. The van der Waals surface area contributed by atoms with Crippen LogP contribution in [-0.4, -0.2) is 42.3 Å². The predicted octanol–water partition coefficient (Wildman–Crippen LogP) is 5.98. The maximum atomic E-state index is 12.7. The Morgan fingerprint density at radius 3 is 2.36 bits per heavy atom. The fourth-order valence-corrected chi connectivity index (χ4v) is 5.18. The van der Waals surface area contributed by atoms with Gasteiger partial charge in [0.05, 0.1) is 25.7 Å². The molecule has 1 N–H and O–H groups in total. The van der Waals surface area contributed by atoms with Gasteiger partial charge in [-0.2, -0.15) is 0 Å². The summed E-state index contributed by atoms with van der Waals surface area (Å²) >= 11 is 7.52. The molecule has 1 fully saturated rings. The number of hydrogen-bond acceptors (Lipinski definition) is 6. The maximum Gasteiger partial charge on any atom is 0.234 e. The number of carbonyl (C=O) groups is 1. The standard InChI is InChI=1S/C25H28ClN3O3S/c1-31-20-12-11-19(15-21(20)32-2)27-22(30)16-33-24-23(17-7-9-18(26)10-8-17)28-25(29-24)13-5-3-4-6-14-25/h7-12,15H,3-6,13-14,16H2,1-2H3,(H,27,30). The molecule has 0 atom stereocenters. The van der Waals surface area contributed by atoms with Gasteiger partial charge in [-0.3, -0.25) is 9.79 Å². The van der Waals surface area contributed by atoms with E-state index in [4.69, 9.17) is 31.1 Å². The Bertz CT molecular complexity index is 1060.